The Hall–Kier alpha value is -2.62. The Morgan fingerprint density at radius 2 is 1.88 bits per heavy atom. The average Bonchev–Trinajstić information content (AvgIpc) is 3.00. The second kappa shape index (κ2) is 7.51. The van der Waals surface area contributed by atoms with Crippen LogP contribution in [0, 0.1) is 19.8 Å². The van der Waals surface area contributed by atoms with Gasteiger partial charge in [0.2, 0.25) is 11.8 Å². The fourth-order valence-electron chi connectivity index (χ4n) is 3.29. The van der Waals surface area contributed by atoms with Gasteiger partial charge < -0.3 is 10.2 Å². The van der Waals surface area contributed by atoms with E-state index >= 15 is 0 Å². The molecule has 1 fully saturated rings. The van der Waals surface area contributed by atoms with Crippen molar-refractivity contribution in [2.24, 2.45) is 5.92 Å². The van der Waals surface area contributed by atoms with Gasteiger partial charge in [0.05, 0.1) is 0 Å². The number of nitrogens with one attached hydrogen (secondary N) is 1. The standard InChI is InChI=1S/C21H24N2O2/c1-15-7-6-10-19(16(15)2)23-14-12-18(21(23)25)20(24)22-13-11-17-8-4-3-5-9-17/h3-10,18H,11-14H2,1-2H3,(H,22,24)/t18-/m1/s1. The highest BCUT2D eigenvalue weighted by atomic mass is 16.2. The number of anilines is 1. The first-order chi connectivity index (χ1) is 12.1. The number of hydrogen-bond donors (Lipinski definition) is 1. The maximum Gasteiger partial charge on any atom is 0.239 e. The van der Waals surface area contributed by atoms with Gasteiger partial charge in [0, 0.05) is 18.8 Å². The highest BCUT2D eigenvalue weighted by Gasteiger charge is 2.37. The van der Waals surface area contributed by atoms with E-state index < -0.39 is 5.92 Å². The molecule has 25 heavy (non-hydrogen) atoms. The predicted molar refractivity (Wildman–Crippen MR) is 99.5 cm³/mol. The van der Waals surface area contributed by atoms with Gasteiger partial charge in [-0.05, 0) is 49.4 Å². The van der Waals surface area contributed by atoms with Crippen molar-refractivity contribution in [1.29, 1.82) is 0 Å². The zero-order valence-corrected chi connectivity index (χ0v) is 14.8. The van der Waals surface area contributed by atoms with Crippen molar-refractivity contribution < 1.29 is 9.59 Å². The summed E-state index contributed by atoms with van der Waals surface area (Å²) in [6, 6.07) is 16.0. The van der Waals surface area contributed by atoms with E-state index in [2.05, 4.69) is 5.32 Å². The van der Waals surface area contributed by atoms with Crippen LogP contribution in [0.15, 0.2) is 48.5 Å². The number of amides is 2. The number of carbonyl (C=O) groups is 2. The van der Waals surface area contributed by atoms with E-state index in [1.807, 2.05) is 62.4 Å². The van der Waals surface area contributed by atoms with Crippen LogP contribution in [0.1, 0.15) is 23.1 Å². The molecule has 0 unspecified atom stereocenters. The van der Waals surface area contributed by atoms with Crippen molar-refractivity contribution in [3.05, 3.63) is 65.2 Å². The molecule has 4 heteroatoms. The fraction of sp³-hybridized carbons (Fsp3) is 0.333. The van der Waals surface area contributed by atoms with Crippen molar-refractivity contribution in [1.82, 2.24) is 5.32 Å². The monoisotopic (exact) mass is 336 g/mol. The normalized spacial score (nSPS) is 17.0. The molecule has 1 atom stereocenters. The summed E-state index contributed by atoms with van der Waals surface area (Å²) >= 11 is 0. The molecule has 1 aliphatic rings. The molecule has 2 amide bonds. The summed E-state index contributed by atoms with van der Waals surface area (Å²) in [4.78, 5) is 26.9. The maximum atomic E-state index is 12.7. The SMILES string of the molecule is Cc1cccc(N2CC[C@H](C(=O)NCCc3ccccc3)C2=O)c1C. The minimum atomic E-state index is -0.573. The van der Waals surface area contributed by atoms with E-state index in [1.165, 1.54) is 5.56 Å². The van der Waals surface area contributed by atoms with Gasteiger partial charge in [-0.25, -0.2) is 0 Å². The molecule has 0 aromatic heterocycles. The lowest BCUT2D eigenvalue weighted by Gasteiger charge is -2.20. The van der Waals surface area contributed by atoms with Crippen LogP contribution in [0.3, 0.4) is 0 Å². The first-order valence-electron chi connectivity index (χ1n) is 8.77. The molecule has 1 N–H and O–H groups in total. The van der Waals surface area contributed by atoms with Crippen LogP contribution < -0.4 is 10.2 Å². The predicted octanol–water partition coefficient (Wildman–Crippen LogP) is 3.02. The Kier molecular flexibility index (Phi) is 5.17. The third kappa shape index (κ3) is 3.73. The highest BCUT2D eigenvalue weighted by Crippen LogP contribution is 2.29. The number of benzene rings is 2. The summed E-state index contributed by atoms with van der Waals surface area (Å²) in [5.74, 6) is -0.824. The maximum absolute atomic E-state index is 12.7. The molecule has 0 saturated carbocycles. The van der Waals surface area contributed by atoms with Gasteiger partial charge in [-0.15, -0.1) is 0 Å². The molecule has 1 aliphatic heterocycles. The molecule has 2 aromatic rings. The van der Waals surface area contributed by atoms with E-state index in [-0.39, 0.29) is 11.8 Å². The Bertz CT molecular complexity index is 771. The van der Waals surface area contributed by atoms with Gasteiger partial charge in [0.15, 0.2) is 0 Å². The van der Waals surface area contributed by atoms with Crippen LogP contribution in [0.4, 0.5) is 5.69 Å². The van der Waals surface area contributed by atoms with Crippen molar-refractivity contribution in [2.45, 2.75) is 26.7 Å². The van der Waals surface area contributed by atoms with Crippen molar-refractivity contribution >= 4 is 17.5 Å². The van der Waals surface area contributed by atoms with E-state index in [0.29, 0.717) is 19.5 Å². The van der Waals surface area contributed by atoms with Crippen LogP contribution in [-0.4, -0.2) is 24.9 Å². The van der Waals surface area contributed by atoms with Gasteiger partial charge in [-0.3, -0.25) is 9.59 Å². The number of aryl methyl sites for hydroxylation is 1. The molecule has 0 spiro atoms. The average molecular weight is 336 g/mol. The van der Waals surface area contributed by atoms with Crippen LogP contribution in [0.2, 0.25) is 0 Å². The molecule has 1 saturated heterocycles. The van der Waals surface area contributed by atoms with Crippen molar-refractivity contribution in [3.63, 3.8) is 0 Å². The number of hydrogen-bond acceptors (Lipinski definition) is 2. The molecule has 1 heterocycles. The molecule has 0 aliphatic carbocycles. The first kappa shape index (κ1) is 17.2. The van der Waals surface area contributed by atoms with Crippen LogP contribution >= 0.6 is 0 Å². The van der Waals surface area contributed by atoms with Gasteiger partial charge >= 0.3 is 0 Å². The zero-order valence-electron chi connectivity index (χ0n) is 14.8. The summed E-state index contributed by atoms with van der Waals surface area (Å²) in [5, 5.41) is 2.92. The van der Waals surface area contributed by atoms with Gasteiger partial charge in [-0.1, -0.05) is 42.5 Å². The highest BCUT2D eigenvalue weighted by molar-refractivity contribution is 6.09. The smallest absolute Gasteiger partial charge is 0.239 e. The molecule has 2 aromatic carbocycles. The fourth-order valence-corrected chi connectivity index (χ4v) is 3.29. The van der Waals surface area contributed by atoms with Crippen LogP contribution in [0.5, 0.6) is 0 Å². The third-order valence-corrected chi connectivity index (χ3v) is 4.94. The second-order valence-corrected chi connectivity index (χ2v) is 6.58. The molecule has 0 radical (unpaired) electrons. The lowest BCUT2D eigenvalue weighted by Crippen LogP contribution is -2.37. The van der Waals surface area contributed by atoms with Gasteiger partial charge in [-0.2, -0.15) is 0 Å². The Balaban J connectivity index is 1.59. The number of carbonyl (C=O) groups excluding carboxylic acids is 2. The zero-order chi connectivity index (χ0) is 17.8. The molecule has 130 valence electrons. The Morgan fingerprint density at radius 3 is 2.64 bits per heavy atom. The minimum absolute atomic E-state index is 0.0917. The molecule has 0 bridgehead atoms. The van der Waals surface area contributed by atoms with Crippen LogP contribution in [0.25, 0.3) is 0 Å². The summed E-state index contributed by atoms with van der Waals surface area (Å²) in [7, 11) is 0. The molecular formula is C21H24N2O2. The third-order valence-electron chi connectivity index (χ3n) is 4.94. The lowest BCUT2D eigenvalue weighted by molar-refractivity contribution is -0.132. The largest absolute Gasteiger partial charge is 0.355 e. The van der Waals surface area contributed by atoms with Crippen molar-refractivity contribution in [2.75, 3.05) is 18.0 Å². The Morgan fingerprint density at radius 1 is 1.12 bits per heavy atom. The summed E-state index contributed by atoms with van der Waals surface area (Å²) in [6.07, 6.45) is 1.34. The summed E-state index contributed by atoms with van der Waals surface area (Å²) in [5.41, 5.74) is 4.35. The summed E-state index contributed by atoms with van der Waals surface area (Å²) in [6.45, 7) is 5.20. The van der Waals surface area contributed by atoms with E-state index in [4.69, 9.17) is 0 Å². The van der Waals surface area contributed by atoms with Gasteiger partial charge in [0.1, 0.15) is 5.92 Å². The topological polar surface area (TPSA) is 49.4 Å². The first-order valence-corrected chi connectivity index (χ1v) is 8.77. The van der Waals surface area contributed by atoms with Crippen LogP contribution in [-0.2, 0) is 16.0 Å². The van der Waals surface area contributed by atoms with Gasteiger partial charge in [0.25, 0.3) is 0 Å². The van der Waals surface area contributed by atoms with Crippen molar-refractivity contribution in [3.8, 4) is 0 Å². The van der Waals surface area contributed by atoms with E-state index in [0.717, 1.165) is 23.2 Å². The number of rotatable bonds is 5. The lowest BCUT2D eigenvalue weighted by atomic mass is 10.1. The second-order valence-electron chi connectivity index (χ2n) is 6.58. The Labute approximate surface area is 148 Å². The quantitative estimate of drug-likeness (QED) is 0.853. The van der Waals surface area contributed by atoms with E-state index in [9.17, 15) is 9.59 Å². The van der Waals surface area contributed by atoms with E-state index in [1.54, 1.807) is 4.90 Å². The summed E-state index contributed by atoms with van der Waals surface area (Å²) < 4.78 is 0. The minimum Gasteiger partial charge on any atom is -0.355 e. The molecular weight excluding hydrogens is 312 g/mol. The molecule has 3 rings (SSSR count). The molecule has 4 nitrogen and oxygen atoms in total. The number of nitrogens with zero attached hydrogens (tertiary/aromatic N) is 1.